The van der Waals surface area contributed by atoms with Crippen molar-refractivity contribution < 1.29 is 85.3 Å². The molecule has 0 spiro atoms. The molecular formula is C44H80O18. The van der Waals surface area contributed by atoms with Crippen molar-refractivity contribution in [3.8, 4) is 0 Å². The van der Waals surface area contributed by atoms with Gasteiger partial charge < -0.3 is 85.3 Å². The topological polar surface area (TPSA) is 166 Å². The fourth-order valence-electron chi connectivity index (χ4n) is 5.14. The van der Waals surface area contributed by atoms with Crippen LogP contribution in [-0.4, -0.2) is 224 Å². The van der Waals surface area contributed by atoms with E-state index in [1.54, 1.807) is 0 Å². The normalized spacial score (nSPS) is 14.3. The molecule has 1 atom stereocenters. The summed E-state index contributed by atoms with van der Waals surface area (Å²) >= 11 is 0. The van der Waals surface area contributed by atoms with Gasteiger partial charge in [0.2, 0.25) is 0 Å². The minimum Gasteiger partial charge on any atom is -0.377 e. The summed E-state index contributed by atoms with van der Waals surface area (Å²) in [7, 11) is 0. The Morgan fingerprint density at radius 3 is 0.823 bits per heavy atom. The first kappa shape index (κ1) is 56.6. The van der Waals surface area contributed by atoms with Crippen molar-refractivity contribution in [1.29, 1.82) is 0 Å². The van der Waals surface area contributed by atoms with Crippen molar-refractivity contribution in [3.05, 3.63) is 35.9 Å². The Labute approximate surface area is 370 Å². The molecule has 1 unspecified atom stereocenters. The summed E-state index contributed by atoms with van der Waals surface area (Å²) in [5.74, 6) is 0. The number of hydrogen-bond donors (Lipinski definition) is 0. The van der Waals surface area contributed by atoms with Crippen LogP contribution in [0.15, 0.2) is 30.3 Å². The maximum atomic E-state index is 5.62. The second kappa shape index (κ2) is 48.9. The fraction of sp³-hybridized carbons (Fsp3) is 0.864. The highest BCUT2D eigenvalue weighted by Crippen LogP contribution is 2.13. The molecule has 1 heterocycles. The quantitative estimate of drug-likeness (QED) is 0.0876. The lowest BCUT2D eigenvalue weighted by Gasteiger charge is -2.22. The third-order valence-corrected chi connectivity index (χ3v) is 8.36. The lowest BCUT2D eigenvalue weighted by Crippen LogP contribution is -2.24. The Morgan fingerprint density at radius 1 is 0.306 bits per heavy atom. The van der Waals surface area contributed by atoms with Gasteiger partial charge in [0.1, 0.15) is 0 Å². The van der Waals surface area contributed by atoms with E-state index in [4.69, 9.17) is 85.3 Å². The molecular weight excluding hydrogens is 816 g/mol. The minimum atomic E-state index is -0.0709. The number of benzene rings is 1. The molecule has 0 bridgehead atoms. The molecule has 18 nitrogen and oxygen atoms in total. The van der Waals surface area contributed by atoms with E-state index in [1.807, 2.05) is 30.3 Å². The third kappa shape index (κ3) is 42.5. The zero-order valence-electron chi connectivity index (χ0n) is 37.5. The standard InChI is InChI=1S/C44H80O18/c1-2-6-43(7-3-1)42-60-39-38-58-35-34-56-31-30-54-27-26-52-23-22-50-19-18-48-15-14-46-11-10-45-12-13-47-16-17-49-20-21-51-24-25-53-28-29-55-32-33-57-36-37-59-40-41-62-44-8-4-5-9-61-44/h1-3,6-7,44H,4-5,8-42H2. The average Bonchev–Trinajstić information content (AvgIpc) is 3.30. The van der Waals surface area contributed by atoms with Crippen LogP contribution in [0.3, 0.4) is 0 Å². The van der Waals surface area contributed by atoms with Gasteiger partial charge in [-0.1, -0.05) is 30.3 Å². The van der Waals surface area contributed by atoms with Gasteiger partial charge in [-0.2, -0.15) is 0 Å². The van der Waals surface area contributed by atoms with Crippen LogP contribution in [0, 0.1) is 0 Å². The SMILES string of the molecule is c1ccc(COCCOCCOCCOCCOCCOCCOCCOCCOCCOCCOCCOCCOCCOCCOCCOCCOC2CCCCO2)cc1. The van der Waals surface area contributed by atoms with Gasteiger partial charge >= 0.3 is 0 Å². The largest absolute Gasteiger partial charge is 0.377 e. The van der Waals surface area contributed by atoms with E-state index in [0.29, 0.717) is 218 Å². The summed E-state index contributed by atoms with van der Waals surface area (Å²) < 4.78 is 99.3. The molecule has 1 aromatic carbocycles. The highest BCUT2D eigenvalue weighted by Gasteiger charge is 2.13. The summed E-state index contributed by atoms with van der Waals surface area (Å²) in [4.78, 5) is 0. The van der Waals surface area contributed by atoms with Crippen LogP contribution in [0.1, 0.15) is 24.8 Å². The Morgan fingerprint density at radius 2 is 0.565 bits per heavy atom. The fourth-order valence-corrected chi connectivity index (χ4v) is 5.14. The van der Waals surface area contributed by atoms with E-state index in [0.717, 1.165) is 31.4 Å². The molecule has 62 heavy (non-hydrogen) atoms. The molecule has 2 rings (SSSR count). The summed E-state index contributed by atoms with van der Waals surface area (Å²) in [6, 6.07) is 10.1. The predicted molar refractivity (Wildman–Crippen MR) is 228 cm³/mol. The van der Waals surface area contributed by atoms with E-state index in [1.165, 1.54) is 0 Å². The van der Waals surface area contributed by atoms with Crippen molar-refractivity contribution in [3.63, 3.8) is 0 Å². The van der Waals surface area contributed by atoms with Gasteiger partial charge in [-0.3, -0.25) is 0 Å². The van der Waals surface area contributed by atoms with Crippen LogP contribution in [0.25, 0.3) is 0 Å². The summed E-state index contributed by atoms with van der Waals surface area (Å²) in [5.41, 5.74) is 1.16. The molecule has 1 aromatic rings. The summed E-state index contributed by atoms with van der Waals surface area (Å²) in [6.07, 6.45) is 3.18. The first-order chi connectivity index (χ1) is 30.9. The van der Waals surface area contributed by atoms with E-state index in [9.17, 15) is 0 Å². The first-order valence-electron chi connectivity index (χ1n) is 22.5. The molecule has 18 heteroatoms. The zero-order chi connectivity index (χ0) is 43.6. The molecule has 1 aliphatic rings. The summed E-state index contributed by atoms with van der Waals surface area (Å²) in [5, 5.41) is 0. The van der Waals surface area contributed by atoms with Crippen LogP contribution in [0.5, 0.6) is 0 Å². The lowest BCUT2D eigenvalue weighted by molar-refractivity contribution is -0.169. The maximum absolute atomic E-state index is 5.62. The number of hydrogen-bond acceptors (Lipinski definition) is 18. The van der Waals surface area contributed by atoms with Crippen molar-refractivity contribution >= 4 is 0 Å². The second-order valence-electron chi connectivity index (χ2n) is 13.4. The van der Waals surface area contributed by atoms with Gasteiger partial charge in [0, 0.05) is 6.61 Å². The minimum absolute atomic E-state index is 0.0709. The van der Waals surface area contributed by atoms with Crippen LogP contribution >= 0.6 is 0 Å². The highest BCUT2D eigenvalue weighted by molar-refractivity contribution is 5.13. The molecule has 1 saturated heterocycles. The molecule has 364 valence electrons. The van der Waals surface area contributed by atoms with E-state index in [2.05, 4.69) is 0 Å². The molecule has 1 fully saturated rings. The molecule has 0 aliphatic carbocycles. The first-order valence-corrected chi connectivity index (χ1v) is 22.5. The molecule has 0 saturated carbocycles. The second-order valence-corrected chi connectivity index (χ2v) is 13.4. The van der Waals surface area contributed by atoms with E-state index in [-0.39, 0.29) is 6.29 Å². The molecule has 0 aromatic heterocycles. The van der Waals surface area contributed by atoms with Crippen molar-refractivity contribution in [2.75, 3.05) is 218 Å². The van der Waals surface area contributed by atoms with E-state index >= 15 is 0 Å². The van der Waals surface area contributed by atoms with Gasteiger partial charge in [0.25, 0.3) is 0 Å². The van der Waals surface area contributed by atoms with Crippen molar-refractivity contribution in [2.45, 2.75) is 32.2 Å². The van der Waals surface area contributed by atoms with Crippen molar-refractivity contribution in [1.82, 2.24) is 0 Å². The van der Waals surface area contributed by atoms with Crippen LogP contribution in [-0.2, 0) is 91.9 Å². The Kier molecular flexibility index (Phi) is 44.7. The molecule has 0 amide bonds. The van der Waals surface area contributed by atoms with Gasteiger partial charge in [-0.25, -0.2) is 0 Å². The van der Waals surface area contributed by atoms with E-state index < -0.39 is 0 Å². The van der Waals surface area contributed by atoms with Gasteiger partial charge in [0.15, 0.2) is 6.29 Å². The monoisotopic (exact) mass is 897 g/mol. The summed E-state index contributed by atoms with van der Waals surface area (Å²) in [6.45, 7) is 17.8. The average molecular weight is 897 g/mol. The predicted octanol–water partition coefficient (Wildman–Crippen LogP) is 3.00. The van der Waals surface area contributed by atoms with Crippen LogP contribution in [0.2, 0.25) is 0 Å². The lowest BCUT2D eigenvalue weighted by atomic mass is 10.2. The van der Waals surface area contributed by atoms with Crippen LogP contribution < -0.4 is 0 Å². The van der Waals surface area contributed by atoms with Gasteiger partial charge in [0.05, 0.1) is 218 Å². The number of ether oxygens (including phenoxy) is 18. The number of rotatable bonds is 51. The molecule has 0 radical (unpaired) electrons. The zero-order valence-corrected chi connectivity index (χ0v) is 37.5. The highest BCUT2D eigenvalue weighted by atomic mass is 16.7. The maximum Gasteiger partial charge on any atom is 0.157 e. The smallest absolute Gasteiger partial charge is 0.157 e. The third-order valence-electron chi connectivity index (χ3n) is 8.36. The van der Waals surface area contributed by atoms with Crippen molar-refractivity contribution in [2.24, 2.45) is 0 Å². The van der Waals surface area contributed by atoms with Gasteiger partial charge in [-0.15, -0.1) is 0 Å². The Bertz CT molecular complexity index is 981. The van der Waals surface area contributed by atoms with Crippen LogP contribution in [0.4, 0.5) is 0 Å². The molecule has 1 aliphatic heterocycles. The Balaban J connectivity index is 1.10. The van der Waals surface area contributed by atoms with Gasteiger partial charge in [-0.05, 0) is 24.8 Å². The molecule has 0 N–H and O–H groups in total. The Hall–Kier alpha value is -1.50.